The number of aromatic nitrogens is 4. The highest BCUT2D eigenvalue weighted by atomic mass is 32.2. The molecule has 1 aliphatic heterocycles. The maximum atomic E-state index is 12.1. The largest absolute Gasteiger partial charge is 0.378 e. The maximum Gasteiger partial charge on any atom is 0.252 e. The van der Waals surface area contributed by atoms with Crippen molar-refractivity contribution in [2.75, 3.05) is 24.7 Å². The fourth-order valence-electron chi connectivity index (χ4n) is 3.87. The molecule has 1 atom stereocenters. The van der Waals surface area contributed by atoms with Gasteiger partial charge in [0.1, 0.15) is 0 Å². The number of hydrogen-bond donors (Lipinski definition) is 2. The molecule has 3 N–H and O–H groups in total. The van der Waals surface area contributed by atoms with Crippen LogP contribution in [0.4, 0.5) is 5.69 Å². The molecule has 10 nitrogen and oxygen atoms in total. The Balaban J connectivity index is 1.79. The van der Waals surface area contributed by atoms with Gasteiger partial charge in [0.25, 0.3) is 5.91 Å². The molecule has 3 aromatic rings. The summed E-state index contributed by atoms with van der Waals surface area (Å²) in [5, 5.41) is 11.9. The summed E-state index contributed by atoms with van der Waals surface area (Å²) >= 11 is 0. The highest BCUT2D eigenvalue weighted by molar-refractivity contribution is 7.88. The van der Waals surface area contributed by atoms with Crippen LogP contribution in [0.25, 0.3) is 16.6 Å². The topological polar surface area (TPSA) is 128 Å². The zero-order valence-corrected chi connectivity index (χ0v) is 18.1. The van der Waals surface area contributed by atoms with E-state index < -0.39 is 15.9 Å². The third-order valence-electron chi connectivity index (χ3n) is 5.64. The predicted octanol–water partition coefficient (Wildman–Crippen LogP) is 0.916. The van der Waals surface area contributed by atoms with E-state index in [4.69, 9.17) is 5.73 Å². The van der Waals surface area contributed by atoms with Crippen molar-refractivity contribution in [3.63, 3.8) is 0 Å². The highest BCUT2D eigenvalue weighted by Gasteiger charge is 2.43. The second-order valence-corrected chi connectivity index (χ2v) is 10.5. The third kappa shape index (κ3) is 3.54. The SMILES string of the molecule is Cn1cc(-c2cc3c(NC4CN(S(C)(=O)=O)CC4(C)C)c(C(N)=O)cnn3c2)cn1. The molecule has 0 bridgehead atoms. The van der Waals surface area contributed by atoms with Crippen molar-refractivity contribution in [1.82, 2.24) is 23.7 Å². The van der Waals surface area contributed by atoms with Gasteiger partial charge in [0.15, 0.2) is 0 Å². The molecule has 30 heavy (non-hydrogen) atoms. The minimum Gasteiger partial charge on any atom is -0.378 e. The first-order valence-corrected chi connectivity index (χ1v) is 11.3. The number of primary amides is 1. The first kappa shape index (κ1) is 20.4. The van der Waals surface area contributed by atoms with E-state index in [0.717, 1.165) is 11.1 Å². The molecular formula is C19H25N7O3S. The molecule has 0 aliphatic carbocycles. The Hall–Kier alpha value is -2.92. The first-order valence-electron chi connectivity index (χ1n) is 9.47. The number of carbonyl (C=O) groups is 1. The van der Waals surface area contributed by atoms with Gasteiger partial charge in [0.05, 0.1) is 35.4 Å². The predicted molar refractivity (Wildman–Crippen MR) is 114 cm³/mol. The van der Waals surface area contributed by atoms with Crippen LogP contribution in [0, 0.1) is 5.41 Å². The zero-order chi connectivity index (χ0) is 21.8. The summed E-state index contributed by atoms with van der Waals surface area (Å²) < 4.78 is 29.0. The second-order valence-electron chi connectivity index (χ2n) is 8.50. The average molecular weight is 432 g/mol. The van der Waals surface area contributed by atoms with Crippen LogP contribution in [0.3, 0.4) is 0 Å². The molecule has 0 spiro atoms. The van der Waals surface area contributed by atoms with E-state index in [0.29, 0.717) is 24.3 Å². The van der Waals surface area contributed by atoms with Crippen molar-refractivity contribution in [1.29, 1.82) is 0 Å². The van der Waals surface area contributed by atoms with Crippen molar-refractivity contribution in [3.8, 4) is 11.1 Å². The summed E-state index contributed by atoms with van der Waals surface area (Å²) in [5.74, 6) is -0.604. The number of nitrogens with two attached hydrogens (primary N) is 1. The van der Waals surface area contributed by atoms with Gasteiger partial charge in [-0.1, -0.05) is 13.8 Å². The van der Waals surface area contributed by atoms with Gasteiger partial charge in [-0.15, -0.1) is 0 Å². The summed E-state index contributed by atoms with van der Waals surface area (Å²) in [6.45, 7) is 4.68. The Morgan fingerprint density at radius 3 is 2.53 bits per heavy atom. The number of hydrogen-bond acceptors (Lipinski definition) is 6. The number of amides is 1. The number of aryl methyl sites for hydroxylation is 1. The number of nitrogens with zero attached hydrogens (tertiary/aromatic N) is 5. The van der Waals surface area contributed by atoms with E-state index in [2.05, 4.69) is 15.5 Å². The monoisotopic (exact) mass is 431 g/mol. The van der Waals surface area contributed by atoms with E-state index in [1.54, 1.807) is 15.4 Å². The lowest BCUT2D eigenvalue weighted by Crippen LogP contribution is -2.35. The molecule has 0 radical (unpaired) electrons. The van der Waals surface area contributed by atoms with Crippen LogP contribution in [0.15, 0.2) is 30.9 Å². The second kappa shape index (κ2) is 6.81. The Kier molecular flexibility index (Phi) is 4.62. The van der Waals surface area contributed by atoms with Crippen LogP contribution in [0.5, 0.6) is 0 Å². The normalized spacial score (nSPS) is 19.4. The van der Waals surface area contributed by atoms with Crippen LogP contribution >= 0.6 is 0 Å². The molecule has 1 saturated heterocycles. The van der Waals surface area contributed by atoms with Crippen molar-refractivity contribution in [3.05, 3.63) is 36.4 Å². The summed E-state index contributed by atoms with van der Waals surface area (Å²) in [6.07, 6.45) is 8.13. The van der Waals surface area contributed by atoms with Crippen molar-refractivity contribution in [2.24, 2.45) is 18.2 Å². The molecule has 160 valence electrons. The summed E-state index contributed by atoms with van der Waals surface area (Å²) in [4.78, 5) is 12.1. The van der Waals surface area contributed by atoms with Gasteiger partial charge in [0.2, 0.25) is 10.0 Å². The molecule has 11 heteroatoms. The van der Waals surface area contributed by atoms with Crippen molar-refractivity contribution >= 4 is 27.1 Å². The van der Waals surface area contributed by atoms with Gasteiger partial charge >= 0.3 is 0 Å². The molecule has 1 amide bonds. The summed E-state index contributed by atoms with van der Waals surface area (Å²) in [5.41, 5.74) is 8.55. The number of sulfonamides is 1. The van der Waals surface area contributed by atoms with Gasteiger partial charge in [-0.05, 0) is 11.5 Å². The number of anilines is 1. The molecule has 4 rings (SSSR count). The van der Waals surface area contributed by atoms with E-state index in [-0.39, 0.29) is 17.0 Å². The lowest BCUT2D eigenvalue weighted by molar-refractivity contribution is 0.100. The standard InChI is InChI=1S/C19H25N7O3S/c1-19(2)11-25(30(4,28)29)10-16(19)23-17-14(18(20)27)7-22-26-9-12(5-15(17)26)13-6-21-24(3)8-13/h5-9,16,23H,10-11H2,1-4H3,(H2,20,27). The van der Waals surface area contributed by atoms with Gasteiger partial charge in [0, 0.05) is 49.7 Å². The lowest BCUT2D eigenvalue weighted by atomic mass is 9.87. The van der Waals surface area contributed by atoms with Crippen molar-refractivity contribution < 1.29 is 13.2 Å². The van der Waals surface area contributed by atoms with E-state index >= 15 is 0 Å². The highest BCUT2D eigenvalue weighted by Crippen LogP contribution is 2.36. The average Bonchev–Trinajstić information content (AvgIpc) is 3.31. The summed E-state index contributed by atoms with van der Waals surface area (Å²) in [6, 6.07) is 1.70. The van der Waals surface area contributed by atoms with Crippen LogP contribution in [0.2, 0.25) is 0 Å². The van der Waals surface area contributed by atoms with E-state index in [1.165, 1.54) is 16.8 Å². The maximum absolute atomic E-state index is 12.1. The van der Waals surface area contributed by atoms with Crippen molar-refractivity contribution in [2.45, 2.75) is 19.9 Å². The lowest BCUT2D eigenvalue weighted by Gasteiger charge is -2.28. The molecule has 1 unspecified atom stereocenters. The van der Waals surface area contributed by atoms with Crippen LogP contribution in [-0.2, 0) is 17.1 Å². The Morgan fingerprint density at radius 2 is 1.97 bits per heavy atom. The molecular weight excluding hydrogens is 406 g/mol. The van der Waals surface area contributed by atoms with E-state index in [9.17, 15) is 13.2 Å². The molecule has 1 aliphatic rings. The molecule has 0 aromatic carbocycles. The fraction of sp³-hybridized carbons (Fsp3) is 0.421. The van der Waals surface area contributed by atoms with Crippen LogP contribution < -0.4 is 11.1 Å². The number of fused-ring (bicyclic) bond motifs is 1. The molecule has 1 fully saturated rings. The van der Waals surface area contributed by atoms with E-state index in [1.807, 2.05) is 39.4 Å². The van der Waals surface area contributed by atoms with Crippen LogP contribution in [-0.4, -0.2) is 63.4 Å². The molecule has 4 heterocycles. The summed E-state index contributed by atoms with van der Waals surface area (Å²) in [7, 11) is -1.48. The quantitative estimate of drug-likeness (QED) is 0.618. The zero-order valence-electron chi connectivity index (χ0n) is 17.3. The molecule has 0 saturated carbocycles. The minimum atomic E-state index is -3.32. The first-order chi connectivity index (χ1) is 14.0. The van der Waals surface area contributed by atoms with Gasteiger partial charge in [-0.3, -0.25) is 9.48 Å². The number of rotatable bonds is 5. The third-order valence-corrected chi connectivity index (χ3v) is 6.86. The number of nitrogens with one attached hydrogen (secondary N) is 1. The Labute approximate surface area is 174 Å². The smallest absolute Gasteiger partial charge is 0.252 e. The van der Waals surface area contributed by atoms with Gasteiger partial charge in [-0.25, -0.2) is 12.9 Å². The molecule has 3 aromatic heterocycles. The van der Waals surface area contributed by atoms with Gasteiger partial charge in [-0.2, -0.15) is 14.5 Å². The minimum absolute atomic E-state index is 0.215. The van der Waals surface area contributed by atoms with Gasteiger partial charge < -0.3 is 11.1 Å². The Morgan fingerprint density at radius 1 is 1.23 bits per heavy atom. The number of carbonyl (C=O) groups excluding carboxylic acids is 1. The Bertz CT molecular complexity index is 1240. The van der Waals surface area contributed by atoms with Crippen LogP contribution in [0.1, 0.15) is 24.2 Å². The fourth-order valence-corrected chi connectivity index (χ4v) is 4.86.